The van der Waals surface area contributed by atoms with Gasteiger partial charge < -0.3 is 10.2 Å². The average Bonchev–Trinajstić information content (AvgIpc) is 2.67. The summed E-state index contributed by atoms with van der Waals surface area (Å²) in [5.41, 5.74) is 0.724. The van der Waals surface area contributed by atoms with Crippen molar-refractivity contribution in [2.45, 2.75) is 19.3 Å². The summed E-state index contributed by atoms with van der Waals surface area (Å²) in [6.45, 7) is 0. The number of aliphatic imine (C=N–C) groups is 2. The van der Waals surface area contributed by atoms with Crippen LogP contribution in [0, 0.1) is 11.8 Å². The highest BCUT2D eigenvalue weighted by Crippen LogP contribution is 2.41. The van der Waals surface area contributed by atoms with Gasteiger partial charge in [-0.1, -0.05) is 0 Å². The maximum absolute atomic E-state index is 10.5. The Labute approximate surface area is 85.3 Å². The Bertz CT molecular complexity index is 350. The first-order chi connectivity index (χ1) is 7.08. The van der Waals surface area contributed by atoms with Crippen molar-refractivity contribution in [3.05, 3.63) is 0 Å². The molecule has 2 fully saturated rings. The van der Waals surface area contributed by atoms with E-state index in [1.807, 2.05) is 0 Å². The van der Waals surface area contributed by atoms with E-state index in [1.54, 1.807) is 0 Å². The molecule has 2 bridgehead atoms. The number of carbonyl (C=O) groups is 2. The lowest BCUT2D eigenvalue weighted by Crippen LogP contribution is -2.24. The zero-order valence-corrected chi connectivity index (χ0v) is 7.88. The predicted molar refractivity (Wildman–Crippen MR) is 51.8 cm³/mol. The Hall–Kier alpha value is -1.72. The van der Waals surface area contributed by atoms with Crippen LogP contribution >= 0.6 is 0 Å². The zero-order chi connectivity index (χ0) is 11.0. The Morgan fingerprint density at radius 1 is 1.00 bits per heavy atom. The van der Waals surface area contributed by atoms with Gasteiger partial charge in [-0.2, -0.15) is 9.98 Å². The lowest BCUT2D eigenvalue weighted by Gasteiger charge is -2.12. The lowest BCUT2D eigenvalue weighted by atomic mass is 9.96. The van der Waals surface area contributed by atoms with Gasteiger partial charge in [-0.25, -0.2) is 9.59 Å². The molecule has 15 heavy (non-hydrogen) atoms. The van der Waals surface area contributed by atoms with E-state index in [0.717, 1.165) is 19.3 Å². The summed E-state index contributed by atoms with van der Waals surface area (Å²) < 4.78 is 0. The van der Waals surface area contributed by atoms with Crippen LogP contribution in [0.3, 0.4) is 0 Å². The van der Waals surface area contributed by atoms with Crippen LogP contribution in [0.15, 0.2) is 9.98 Å². The van der Waals surface area contributed by atoms with Crippen molar-refractivity contribution >= 4 is 23.6 Å². The molecular weight excluding hydrogens is 200 g/mol. The standard InChI is InChI=1S/C9H10N2O4/c12-8(13)10-6-4-1-2-5(3-4)7(6)11-9(14)15/h4-5H,1-3H2,(H,12,13)(H,14,15). The van der Waals surface area contributed by atoms with Gasteiger partial charge in [0.15, 0.2) is 0 Å². The third kappa shape index (κ3) is 1.74. The number of carboxylic acid groups (broad SMARTS) is 2. The first-order valence-electron chi connectivity index (χ1n) is 4.71. The van der Waals surface area contributed by atoms with Crippen LogP contribution < -0.4 is 0 Å². The van der Waals surface area contributed by atoms with E-state index in [0.29, 0.717) is 11.4 Å². The maximum Gasteiger partial charge on any atom is 0.431 e. The molecule has 0 saturated heterocycles. The SMILES string of the molecule is O=C(O)N=C1C(=NC(=O)O)C2CCC1C2. The maximum atomic E-state index is 10.5. The molecule has 2 unspecified atom stereocenters. The van der Waals surface area contributed by atoms with Crippen LogP contribution in [0.25, 0.3) is 0 Å². The van der Waals surface area contributed by atoms with Crippen molar-refractivity contribution in [2.24, 2.45) is 21.8 Å². The molecule has 0 heterocycles. The zero-order valence-electron chi connectivity index (χ0n) is 7.88. The van der Waals surface area contributed by atoms with E-state index in [-0.39, 0.29) is 11.8 Å². The highest BCUT2D eigenvalue weighted by Gasteiger charge is 2.43. The average molecular weight is 210 g/mol. The van der Waals surface area contributed by atoms with Gasteiger partial charge in [-0.3, -0.25) is 0 Å². The molecule has 2 amide bonds. The summed E-state index contributed by atoms with van der Waals surface area (Å²) in [5.74, 6) is 0.174. The van der Waals surface area contributed by atoms with Crippen molar-refractivity contribution in [1.82, 2.24) is 0 Å². The van der Waals surface area contributed by atoms with Crippen molar-refractivity contribution in [3.63, 3.8) is 0 Å². The van der Waals surface area contributed by atoms with E-state index < -0.39 is 12.2 Å². The van der Waals surface area contributed by atoms with Crippen LogP contribution in [-0.2, 0) is 0 Å². The summed E-state index contributed by atoms with van der Waals surface area (Å²) >= 11 is 0. The van der Waals surface area contributed by atoms with Gasteiger partial charge in [0, 0.05) is 11.8 Å². The number of hydrogen-bond acceptors (Lipinski definition) is 2. The third-order valence-corrected chi connectivity index (χ3v) is 2.90. The van der Waals surface area contributed by atoms with Gasteiger partial charge in [0.25, 0.3) is 0 Å². The van der Waals surface area contributed by atoms with Crippen molar-refractivity contribution in [3.8, 4) is 0 Å². The topological polar surface area (TPSA) is 99.3 Å². The molecule has 2 atom stereocenters. The summed E-state index contributed by atoms with van der Waals surface area (Å²) in [7, 11) is 0. The molecule has 0 radical (unpaired) electrons. The van der Waals surface area contributed by atoms with Crippen LogP contribution in [0.4, 0.5) is 9.59 Å². The molecule has 6 nitrogen and oxygen atoms in total. The Balaban J connectivity index is 2.36. The third-order valence-electron chi connectivity index (χ3n) is 2.90. The fourth-order valence-electron chi connectivity index (χ4n) is 2.40. The van der Waals surface area contributed by atoms with Crippen LogP contribution in [0.2, 0.25) is 0 Å². The highest BCUT2D eigenvalue weighted by atomic mass is 16.4. The van der Waals surface area contributed by atoms with Gasteiger partial charge in [0.2, 0.25) is 0 Å². The molecule has 0 aromatic rings. The van der Waals surface area contributed by atoms with Crippen molar-refractivity contribution < 1.29 is 19.8 Å². The molecule has 6 heteroatoms. The Morgan fingerprint density at radius 2 is 1.40 bits per heavy atom. The van der Waals surface area contributed by atoms with Crippen LogP contribution in [-0.4, -0.2) is 33.8 Å². The first-order valence-corrected chi connectivity index (χ1v) is 4.71. The second-order valence-electron chi connectivity index (χ2n) is 3.77. The Morgan fingerprint density at radius 3 is 1.73 bits per heavy atom. The van der Waals surface area contributed by atoms with Crippen molar-refractivity contribution in [1.29, 1.82) is 0 Å². The molecule has 2 rings (SSSR count). The smallest absolute Gasteiger partial charge is 0.431 e. The number of rotatable bonds is 0. The second-order valence-corrected chi connectivity index (χ2v) is 3.77. The summed E-state index contributed by atoms with van der Waals surface area (Å²) in [6, 6.07) is 0. The predicted octanol–water partition coefficient (Wildman–Crippen LogP) is 1.65. The minimum atomic E-state index is -1.28. The minimum Gasteiger partial charge on any atom is -0.463 e. The van der Waals surface area contributed by atoms with Crippen LogP contribution in [0.5, 0.6) is 0 Å². The lowest BCUT2D eigenvalue weighted by molar-refractivity contribution is 0.204. The fourth-order valence-corrected chi connectivity index (χ4v) is 2.40. The molecule has 2 aliphatic carbocycles. The molecule has 2 aliphatic rings. The van der Waals surface area contributed by atoms with Gasteiger partial charge in [0.05, 0.1) is 11.4 Å². The molecule has 0 spiro atoms. The van der Waals surface area contributed by atoms with E-state index in [1.165, 1.54) is 0 Å². The minimum absolute atomic E-state index is 0.0872. The number of amides is 2. The highest BCUT2D eigenvalue weighted by molar-refractivity contribution is 6.48. The molecular formula is C9H10N2O4. The van der Waals surface area contributed by atoms with Gasteiger partial charge in [-0.15, -0.1) is 0 Å². The summed E-state index contributed by atoms with van der Waals surface area (Å²) in [6.07, 6.45) is -0.00504. The molecule has 0 aliphatic heterocycles. The molecule has 80 valence electrons. The first kappa shape index (κ1) is 9.82. The quantitative estimate of drug-likeness (QED) is 0.634. The summed E-state index contributed by atoms with van der Waals surface area (Å²) in [5, 5.41) is 17.1. The van der Waals surface area contributed by atoms with Gasteiger partial charge >= 0.3 is 12.2 Å². The number of nitrogens with zero attached hydrogens (tertiary/aromatic N) is 2. The van der Waals surface area contributed by atoms with Gasteiger partial charge in [-0.05, 0) is 19.3 Å². The Kier molecular flexibility index (Phi) is 2.26. The summed E-state index contributed by atoms with van der Waals surface area (Å²) in [4.78, 5) is 27.8. The van der Waals surface area contributed by atoms with E-state index in [2.05, 4.69) is 9.98 Å². The normalized spacial score (nSPS) is 33.9. The van der Waals surface area contributed by atoms with E-state index in [9.17, 15) is 9.59 Å². The van der Waals surface area contributed by atoms with Gasteiger partial charge in [0.1, 0.15) is 0 Å². The fraction of sp³-hybridized carbons (Fsp3) is 0.556. The molecule has 2 saturated carbocycles. The largest absolute Gasteiger partial charge is 0.463 e. The molecule has 2 N–H and O–H groups in total. The van der Waals surface area contributed by atoms with E-state index in [4.69, 9.17) is 10.2 Å². The van der Waals surface area contributed by atoms with E-state index >= 15 is 0 Å². The van der Waals surface area contributed by atoms with Crippen LogP contribution in [0.1, 0.15) is 19.3 Å². The monoisotopic (exact) mass is 210 g/mol. The number of fused-ring (bicyclic) bond motifs is 2. The molecule has 0 aromatic carbocycles. The number of hydrogen-bond donors (Lipinski definition) is 2. The second kappa shape index (κ2) is 3.45. The molecule has 0 aromatic heterocycles. The van der Waals surface area contributed by atoms with Crippen molar-refractivity contribution in [2.75, 3.05) is 0 Å².